The smallest absolute Gasteiger partial charge is 0.251 e. The highest BCUT2D eigenvalue weighted by atomic mass is 16.5. The molecule has 0 saturated carbocycles. The Kier molecular flexibility index (Phi) is 6.57. The van der Waals surface area contributed by atoms with Crippen LogP contribution in [0.5, 0.6) is 11.6 Å². The van der Waals surface area contributed by atoms with E-state index < -0.39 is 0 Å². The fraction of sp³-hybridized carbons (Fsp3) is 0.250. The number of carbonyl (C=O) groups excluding carboxylic acids is 1. The molecule has 1 unspecified atom stereocenters. The molecule has 3 aromatic rings. The third-order valence-electron chi connectivity index (χ3n) is 4.80. The summed E-state index contributed by atoms with van der Waals surface area (Å²) in [7, 11) is 0. The standard InChI is InChI=1S/C24H24N2O4/c27-24(20-10-12-25-23(14-20)30-22-11-13-28-17-22)26-15-18-6-8-21(9-7-18)29-16-19-4-2-1-3-5-19/h1-10,12,14,22H,11,13,15-17H2,(H,26,27). The number of nitrogens with zero attached hydrogens (tertiary/aromatic N) is 1. The van der Waals surface area contributed by atoms with Gasteiger partial charge in [-0.25, -0.2) is 4.98 Å². The topological polar surface area (TPSA) is 69.7 Å². The van der Waals surface area contributed by atoms with Crippen LogP contribution in [0.1, 0.15) is 27.9 Å². The average molecular weight is 404 g/mol. The number of ether oxygens (including phenoxy) is 3. The number of rotatable bonds is 8. The number of amides is 1. The maximum Gasteiger partial charge on any atom is 0.251 e. The Morgan fingerprint density at radius 1 is 1.07 bits per heavy atom. The van der Waals surface area contributed by atoms with Crippen molar-refractivity contribution in [3.8, 4) is 11.6 Å². The zero-order valence-corrected chi connectivity index (χ0v) is 16.6. The van der Waals surface area contributed by atoms with Crippen LogP contribution in [0.2, 0.25) is 0 Å². The van der Waals surface area contributed by atoms with E-state index in [9.17, 15) is 4.79 Å². The van der Waals surface area contributed by atoms with Crippen LogP contribution < -0.4 is 14.8 Å². The summed E-state index contributed by atoms with van der Waals surface area (Å²) in [5, 5.41) is 2.93. The maximum absolute atomic E-state index is 12.5. The highest BCUT2D eigenvalue weighted by Crippen LogP contribution is 2.17. The Bertz CT molecular complexity index is 954. The van der Waals surface area contributed by atoms with E-state index in [1.165, 1.54) is 0 Å². The molecule has 1 aliphatic heterocycles. The third-order valence-corrected chi connectivity index (χ3v) is 4.80. The Morgan fingerprint density at radius 2 is 1.90 bits per heavy atom. The summed E-state index contributed by atoms with van der Waals surface area (Å²) < 4.78 is 16.9. The minimum absolute atomic E-state index is 0.00145. The van der Waals surface area contributed by atoms with E-state index in [0.717, 1.165) is 23.3 Å². The van der Waals surface area contributed by atoms with E-state index in [-0.39, 0.29) is 12.0 Å². The number of benzene rings is 2. The van der Waals surface area contributed by atoms with Gasteiger partial charge >= 0.3 is 0 Å². The van der Waals surface area contributed by atoms with Gasteiger partial charge in [-0.2, -0.15) is 0 Å². The minimum Gasteiger partial charge on any atom is -0.489 e. The van der Waals surface area contributed by atoms with Crippen molar-refractivity contribution in [1.82, 2.24) is 10.3 Å². The van der Waals surface area contributed by atoms with Crippen molar-refractivity contribution in [2.24, 2.45) is 0 Å². The normalized spacial score (nSPS) is 15.5. The number of pyridine rings is 1. The van der Waals surface area contributed by atoms with Gasteiger partial charge in [-0.1, -0.05) is 42.5 Å². The lowest BCUT2D eigenvalue weighted by atomic mass is 10.2. The lowest BCUT2D eigenvalue weighted by Crippen LogP contribution is -2.23. The molecule has 1 aromatic heterocycles. The van der Waals surface area contributed by atoms with E-state index in [0.29, 0.717) is 37.8 Å². The molecular formula is C24H24N2O4. The predicted molar refractivity (Wildman–Crippen MR) is 112 cm³/mol. The third kappa shape index (κ3) is 5.58. The Balaban J connectivity index is 1.27. The molecule has 1 saturated heterocycles. The summed E-state index contributed by atoms with van der Waals surface area (Å²) in [5.74, 6) is 1.06. The van der Waals surface area contributed by atoms with Crippen molar-refractivity contribution in [3.05, 3.63) is 89.6 Å². The van der Waals surface area contributed by atoms with Gasteiger partial charge in [-0.15, -0.1) is 0 Å². The number of hydrogen-bond acceptors (Lipinski definition) is 5. The molecule has 1 N–H and O–H groups in total. The van der Waals surface area contributed by atoms with Gasteiger partial charge in [0, 0.05) is 30.8 Å². The number of carbonyl (C=O) groups is 1. The molecule has 1 amide bonds. The molecule has 1 fully saturated rings. The van der Waals surface area contributed by atoms with Gasteiger partial charge < -0.3 is 19.5 Å². The molecule has 0 radical (unpaired) electrons. The molecule has 0 spiro atoms. The zero-order valence-electron chi connectivity index (χ0n) is 16.6. The molecule has 0 bridgehead atoms. The Hall–Kier alpha value is -3.38. The van der Waals surface area contributed by atoms with Crippen LogP contribution in [-0.2, 0) is 17.9 Å². The average Bonchev–Trinajstić information content (AvgIpc) is 3.31. The number of hydrogen-bond donors (Lipinski definition) is 1. The largest absolute Gasteiger partial charge is 0.489 e. The first-order chi connectivity index (χ1) is 14.8. The molecule has 6 nitrogen and oxygen atoms in total. The molecular weight excluding hydrogens is 380 g/mol. The molecule has 2 aromatic carbocycles. The molecule has 30 heavy (non-hydrogen) atoms. The summed E-state index contributed by atoms with van der Waals surface area (Å²) in [6.45, 7) is 2.20. The lowest BCUT2D eigenvalue weighted by Gasteiger charge is -2.12. The first-order valence-corrected chi connectivity index (χ1v) is 10.0. The van der Waals surface area contributed by atoms with Gasteiger partial charge in [0.25, 0.3) is 5.91 Å². The Morgan fingerprint density at radius 3 is 2.67 bits per heavy atom. The zero-order chi connectivity index (χ0) is 20.6. The summed E-state index contributed by atoms with van der Waals surface area (Å²) in [6, 6.07) is 21.1. The quantitative estimate of drug-likeness (QED) is 0.619. The monoisotopic (exact) mass is 404 g/mol. The summed E-state index contributed by atoms with van der Waals surface area (Å²) >= 11 is 0. The van der Waals surface area contributed by atoms with Crippen LogP contribution in [0.15, 0.2) is 72.9 Å². The SMILES string of the molecule is O=C(NCc1ccc(OCc2ccccc2)cc1)c1ccnc(OC2CCOC2)c1. The summed E-state index contributed by atoms with van der Waals surface area (Å²) in [6.07, 6.45) is 2.42. The molecule has 6 heteroatoms. The molecule has 2 heterocycles. The van der Waals surface area contributed by atoms with Crippen molar-refractivity contribution >= 4 is 5.91 Å². The van der Waals surface area contributed by atoms with Gasteiger partial charge in [-0.3, -0.25) is 4.79 Å². The van der Waals surface area contributed by atoms with Crippen molar-refractivity contribution < 1.29 is 19.0 Å². The van der Waals surface area contributed by atoms with Crippen molar-refractivity contribution in [2.75, 3.05) is 13.2 Å². The fourth-order valence-corrected chi connectivity index (χ4v) is 3.12. The Labute approximate surface area is 175 Å². The predicted octanol–water partition coefficient (Wildman–Crippen LogP) is 3.76. The molecule has 0 aliphatic carbocycles. The second kappa shape index (κ2) is 9.89. The first-order valence-electron chi connectivity index (χ1n) is 10.0. The van der Waals surface area contributed by atoms with Crippen LogP contribution in [0, 0.1) is 0 Å². The second-order valence-electron chi connectivity index (χ2n) is 7.09. The van der Waals surface area contributed by atoms with Crippen LogP contribution >= 0.6 is 0 Å². The van der Waals surface area contributed by atoms with Gasteiger partial charge in [0.1, 0.15) is 18.5 Å². The maximum atomic E-state index is 12.5. The number of nitrogens with one attached hydrogen (secondary N) is 1. The minimum atomic E-state index is -0.172. The van der Waals surface area contributed by atoms with Gasteiger partial charge in [0.05, 0.1) is 13.2 Å². The van der Waals surface area contributed by atoms with E-state index in [1.54, 1.807) is 18.3 Å². The van der Waals surface area contributed by atoms with E-state index >= 15 is 0 Å². The van der Waals surface area contributed by atoms with Crippen molar-refractivity contribution in [1.29, 1.82) is 0 Å². The van der Waals surface area contributed by atoms with Crippen LogP contribution in [0.25, 0.3) is 0 Å². The van der Waals surface area contributed by atoms with Gasteiger partial charge in [0.2, 0.25) is 5.88 Å². The first kappa shape index (κ1) is 19.9. The van der Waals surface area contributed by atoms with Crippen LogP contribution in [-0.4, -0.2) is 30.2 Å². The van der Waals surface area contributed by atoms with Crippen LogP contribution in [0.3, 0.4) is 0 Å². The number of aromatic nitrogens is 1. The molecule has 4 rings (SSSR count). The van der Waals surface area contributed by atoms with Crippen LogP contribution in [0.4, 0.5) is 0 Å². The highest BCUT2D eigenvalue weighted by molar-refractivity contribution is 5.94. The molecule has 1 aliphatic rings. The molecule has 154 valence electrons. The van der Waals surface area contributed by atoms with E-state index in [2.05, 4.69) is 10.3 Å². The van der Waals surface area contributed by atoms with Gasteiger partial charge in [-0.05, 0) is 29.3 Å². The molecule has 1 atom stereocenters. The van der Waals surface area contributed by atoms with Gasteiger partial charge in [0.15, 0.2) is 0 Å². The summed E-state index contributed by atoms with van der Waals surface area (Å²) in [5.41, 5.74) is 2.63. The lowest BCUT2D eigenvalue weighted by molar-refractivity contribution is 0.0949. The highest BCUT2D eigenvalue weighted by Gasteiger charge is 2.18. The summed E-state index contributed by atoms with van der Waals surface area (Å²) in [4.78, 5) is 16.7. The second-order valence-corrected chi connectivity index (χ2v) is 7.09. The van der Waals surface area contributed by atoms with Crippen molar-refractivity contribution in [2.45, 2.75) is 25.7 Å². The fourth-order valence-electron chi connectivity index (χ4n) is 3.12. The van der Waals surface area contributed by atoms with E-state index in [1.807, 2.05) is 54.6 Å². The van der Waals surface area contributed by atoms with E-state index in [4.69, 9.17) is 14.2 Å². The van der Waals surface area contributed by atoms with Crippen molar-refractivity contribution in [3.63, 3.8) is 0 Å².